The summed E-state index contributed by atoms with van der Waals surface area (Å²) in [7, 11) is 0.271. The Morgan fingerprint density at radius 3 is 2.73 bits per heavy atom. The molecule has 4 heteroatoms. The Kier molecular flexibility index (Phi) is 2.88. The summed E-state index contributed by atoms with van der Waals surface area (Å²) in [4.78, 5) is 0. The smallest absolute Gasteiger partial charge is 0.423 e. The molecule has 1 rings (SSSR count). The predicted octanol–water partition coefficient (Wildman–Crippen LogP) is -0.100. The van der Waals surface area contributed by atoms with Crippen molar-refractivity contribution in [2.24, 2.45) is 0 Å². The summed E-state index contributed by atoms with van der Waals surface area (Å²) >= 11 is 0. The van der Waals surface area contributed by atoms with Crippen molar-refractivity contribution in [3.63, 3.8) is 0 Å². The number of hydrogen-bond donors (Lipinski definition) is 2. The van der Waals surface area contributed by atoms with Gasteiger partial charge in [-0.25, -0.2) is 0 Å². The molecule has 0 saturated heterocycles. The van der Waals surface area contributed by atoms with E-state index in [1.165, 1.54) is 0 Å². The van der Waals surface area contributed by atoms with Crippen molar-refractivity contribution in [2.75, 3.05) is 7.11 Å². The second kappa shape index (κ2) is 3.71. The second-order valence-electron chi connectivity index (χ2n) is 2.45. The van der Waals surface area contributed by atoms with E-state index in [1.807, 2.05) is 6.08 Å². The lowest BCUT2D eigenvalue weighted by atomic mass is 9.76. The minimum absolute atomic E-state index is 0.0810. The van der Waals surface area contributed by atoms with E-state index >= 15 is 0 Å². The van der Waals surface area contributed by atoms with Gasteiger partial charge < -0.3 is 14.8 Å². The summed E-state index contributed by atoms with van der Waals surface area (Å²) in [6, 6.07) is 0. The van der Waals surface area contributed by atoms with Crippen molar-refractivity contribution in [2.45, 2.75) is 12.5 Å². The Hall–Kier alpha value is -0.575. The molecule has 0 amide bonds. The van der Waals surface area contributed by atoms with Crippen molar-refractivity contribution in [1.29, 1.82) is 0 Å². The number of ether oxygens (including phenoxy) is 1. The van der Waals surface area contributed by atoms with E-state index in [9.17, 15) is 0 Å². The van der Waals surface area contributed by atoms with Crippen molar-refractivity contribution in [3.05, 3.63) is 23.7 Å². The van der Waals surface area contributed by atoms with Crippen LogP contribution in [0.15, 0.2) is 23.7 Å². The van der Waals surface area contributed by atoms with E-state index in [4.69, 9.17) is 14.8 Å². The number of allylic oxidation sites excluding steroid dienone is 2. The minimum Gasteiger partial charge on any atom is -0.423 e. The number of hydrogen-bond acceptors (Lipinski definition) is 3. The summed E-state index contributed by atoms with van der Waals surface area (Å²) in [6.45, 7) is 0. The third kappa shape index (κ3) is 2.18. The molecule has 0 spiro atoms. The van der Waals surface area contributed by atoms with Crippen LogP contribution in [0, 0.1) is 0 Å². The molecule has 2 N–H and O–H groups in total. The van der Waals surface area contributed by atoms with Gasteiger partial charge in [-0.1, -0.05) is 18.2 Å². The molecule has 0 saturated carbocycles. The normalized spacial score (nSPS) is 23.2. The van der Waals surface area contributed by atoms with Crippen LogP contribution in [0.25, 0.3) is 0 Å². The Morgan fingerprint density at radius 2 is 2.36 bits per heavy atom. The SMILES string of the molecule is COC1C=CC(B(O)O)=CC1. The molecule has 0 heterocycles. The van der Waals surface area contributed by atoms with Gasteiger partial charge in [0, 0.05) is 7.11 Å². The molecule has 1 unspecified atom stereocenters. The molecule has 0 aromatic heterocycles. The third-order valence-electron chi connectivity index (χ3n) is 1.69. The molecule has 0 bridgehead atoms. The monoisotopic (exact) mass is 154 g/mol. The van der Waals surface area contributed by atoms with E-state index in [0.717, 1.165) is 0 Å². The Bertz CT molecular complexity index is 186. The molecule has 11 heavy (non-hydrogen) atoms. The molecule has 60 valence electrons. The first-order chi connectivity index (χ1) is 5.24. The zero-order valence-corrected chi connectivity index (χ0v) is 6.40. The van der Waals surface area contributed by atoms with Crippen LogP contribution in [-0.2, 0) is 4.74 Å². The molecule has 1 atom stereocenters. The molecule has 3 nitrogen and oxygen atoms in total. The van der Waals surface area contributed by atoms with Gasteiger partial charge in [0.1, 0.15) is 0 Å². The highest BCUT2D eigenvalue weighted by Crippen LogP contribution is 2.12. The lowest BCUT2D eigenvalue weighted by Gasteiger charge is -2.13. The topological polar surface area (TPSA) is 49.7 Å². The second-order valence-corrected chi connectivity index (χ2v) is 2.45. The van der Waals surface area contributed by atoms with Gasteiger partial charge in [0.25, 0.3) is 0 Å². The van der Waals surface area contributed by atoms with Gasteiger partial charge in [0.05, 0.1) is 6.10 Å². The molecule has 0 aliphatic heterocycles. The highest BCUT2D eigenvalue weighted by Gasteiger charge is 2.15. The van der Waals surface area contributed by atoms with Gasteiger partial charge >= 0.3 is 7.12 Å². The van der Waals surface area contributed by atoms with Crippen molar-refractivity contribution < 1.29 is 14.8 Å². The number of rotatable bonds is 2. The van der Waals surface area contributed by atoms with Crippen LogP contribution in [0.5, 0.6) is 0 Å². The van der Waals surface area contributed by atoms with Gasteiger partial charge in [0.2, 0.25) is 0 Å². The minimum atomic E-state index is -1.36. The zero-order valence-electron chi connectivity index (χ0n) is 6.40. The lowest BCUT2D eigenvalue weighted by Crippen LogP contribution is -2.18. The van der Waals surface area contributed by atoms with E-state index in [0.29, 0.717) is 11.9 Å². The standard InChI is InChI=1S/C7H11BO3/c1-11-7-4-2-6(3-5-7)8(9)10/h2-4,7,9-10H,5H2,1H3. The molecule has 1 aliphatic rings. The van der Waals surface area contributed by atoms with Crippen molar-refractivity contribution >= 4 is 7.12 Å². The first kappa shape index (κ1) is 8.52. The van der Waals surface area contributed by atoms with Crippen molar-refractivity contribution in [3.8, 4) is 0 Å². The maximum Gasteiger partial charge on any atom is 0.488 e. The van der Waals surface area contributed by atoms with Gasteiger partial charge in [-0.05, 0) is 11.9 Å². The van der Waals surface area contributed by atoms with E-state index in [-0.39, 0.29) is 6.10 Å². The summed E-state index contributed by atoms with van der Waals surface area (Å²) in [5.74, 6) is 0. The van der Waals surface area contributed by atoms with Gasteiger partial charge in [-0.3, -0.25) is 0 Å². The molecular formula is C7H11BO3. The highest BCUT2D eigenvalue weighted by molar-refractivity contribution is 6.51. The molecule has 0 aromatic carbocycles. The van der Waals surface area contributed by atoms with Crippen LogP contribution in [0.3, 0.4) is 0 Å². The summed E-state index contributed by atoms with van der Waals surface area (Å²) in [5.41, 5.74) is 0.540. The zero-order chi connectivity index (χ0) is 8.27. The van der Waals surface area contributed by atoms with Crippen LogP contribution in [0.1, 0.15) is 6.42 Å². The van der Waals surface area contributed by atoms with Gasteiger partial charge in [0.15, 0.2) is 0 Å². The van der Waals surface area contributed by atoms with Crippen LogP contribution in [-0.4, -0.2) is 30.4 Å². The molecule has 0 fully saturated rings. The summed E-state index contributed by atoms with van der Waals surface area (Å²) < 4.78 is 5.02. The molecule has 0 radical (unpaired) electrons. The first-order valence-corrected chi connectivity index (χ1v) is 3.51. The van der Waals surface area contributed by atoms with Crippen LogP contribution in [0.2, 0.25) is 0 Å². The summed E-state index contributed by atoms with van der Waals surface area (Å²) in [5, 5.41) is 17.5. The maximum absolute atomic E-state index is 8.73. The van der Waals surface area contributed by atoms with Gasteiger partial charge in [-0.15, -0.1) is 0 Å². The predicted molar refractivity (Wildman–Crippen MR) is 42.8 cm³/mol. The quantitative estimate of drug-likeness (QED) is 0.546. The van der Waals surface area contributed by atoms with Crippen LogP contribution >= 0.6 is 0 Å². The van der Waals surface area contributed by atoms with E-state index in [1.54, 1.807) is 19.3 Å². The largest absolute Gasteiger partial charge is 0.488 e. The van der Waals surface area contributed by atoms with Crippen molar-refractivity contribution in [1.82, 2.24) is 0 Å². The first-order valence-electron chi connectivity index (χ1n) is 3.51. The Morgan fingerprint density at radius 1 is 1.64 bits per heavy atom. The molecule has 0 aromatic rings. The maximum atomic E-state index is 8.73. The third-order valence-corrected chi connectivity index (χ3v) is 1.69. The fourth-order valence-electron chi connectivity index (χ4n) is 0.984. The average molecular weight is 154 g/mol. The van der Waals surface area contributed by atoms with E-state index < -0.39 is 7.12 Å². The molecular weight excluding hydrogens is 143 g/mol. The van der Waals surface area contributed by atoms with Crippen LogP contribution in [0.4, 0.5) is 0 Å². The van der Waals surface area contributed by atoms with Crippen LogP contribution < -0.4 is 0 Å². The average Bonchev–Trinajstić information content (AvgIpc) is 2.05. The van der Waals surface area contributed by atoms with E-state index in [2.05, 4.69) is 0 Å². The fraction of sp³-hybridized carbons (Fsp3) is 0.429. The Balaban J connectivity index is 2.53. The van der Waals surface area contributed by atoms with Gasteiger partial charge in [-0.2, -0.15) is 0 Å². The fourth-order valence-corrected chi connectivity index (χ4v) is 0.984. The highest BCUT2D eigenvalue weighted by atomic mass is 16.5. The summed E-state index contributed by atoms with van der Waals surface area (Å²) in [6.07, 6.45) is 6.04. The Labute approximate surface area is 66.1 Å². The number of methoxy groups -OCH3 is 1. The molecule has 1 aliphatic carbocycles. The lowest BCUT2D eigenvalue weighted by molar-refractivity contribution is 0.142.